The molecule has 0 unspecified atom stereocenters. The van der Waals surface area contributed by atoms with Crippen molar-refractivity contribution in [2.24, 2.45) is 0 Å². The lowest BCUT2D eigenvalue weighted by atomic mass is 10.1. The third kappa shape index (κ3) is 4.58. The Balaban J connectivity index is 1.29. The number of aromatic nitrogens is 1. The number of halogens is 3. The van der Waals surface area contributed by atoms with Crippen LogP contribution in [0.15, 0.2) is 52.9 Å². The summed E-state index contributed by atoms with van der Waals surface area (Å²) in [6.07, 6.45) is -1.81. The van der Waals surface area contributed by atoms with Crippen LogP contribution in [0.25, 0.3) is 11.1 Å². The van der Waals surface area contributed by atoms with Crippen LogP contribution in [0.3, 0.4) is 0 Å². The quantitative estimate of drug-likeness (QED) is 0.639. The molecule has 1 saturated heterocycles. The van der Waals surface area contributed by atoms with E-state index < -0.39 is 11.7 Å². The minimum absolute atomic E-state index is 0.105. The van der Waals surface area contributed by atoms with E-state index in [1.807, 2.05) is 24.3 Å². The van der Waals surface area contributed by atoms with E-state index in [9.17, 15) is 18.0 Å². The lowest BCUT2D eigenvalue weighted by Gasteiger charge is -2.23. The smallest absolute Gasteiger partial charge is 0.416 e. The normalized spacial score (nSPS) is 16.9. The Hall–Kier alpha value is -3.03. The van der Waals surface area contributed by atoms with Crippen LogP contribution in [0, 0.1) is 0 Å². The number of aryl methyl sites for hydroxylation is 1. The third-order valence-electron chi connectivity index (χ3n) is 5.36. The highest BCUT2D eigenvalue weighted by Gasteiger charge is 2.30. The fraction of sp³-hybridized carbons (Fsp3) is 0.364. The van der Waals surface area contributed by atoms with Crippen LogP contribution in [0.1, 0.15) is 30.4 Å². The zero-order chi connectivity index (χ0) is 21.1. The minimum atomic E-state index is -4.35. The summed E-state index contributed by atoms with van der Waals surface area (Å²) in [5, 5.41) is 2.93. The molecule has 8 heteroatoms. The highest BCUT2D eigenvalue weighted by Crippen LogP contribution is 2.29. The van der Waals surface area contributed by atoms with E-state index in [1.165, 1.54) is 12.1 Å². The van der Waals surface area contributed by atoms with Gasteiger partial charge in [-0.05, 0) is 49.1 Å². The van der Waals surface area contributed by atoms with E-state index in [1.54, 1.807) is 0 Å². The molecule has 3 aromatic rings. The van der Waals surface area contributed by atoms with E-state index in [0.29, 0.717) is 24.5 Å². The van der Waals surface area contributed by atoms with Crippen LogP contribution >= 0.6 is 0 Å². The Morgan fingerprint density at radius 2 is 1.93 bits per heavy atom. The molecule has 1 aromatic heterocycles. The molecule has 158 valence electrons. The number of carbonyl (C=O) groups excluding carboxylic acids is 1. The van der Waals surface area contributed by atoms with E-state index in [-0.39, 0.29) is 18.4 Å². The summed E-state index contributed by atoms with van der Waals surface area (Å²) in [6.45, 7) is 1.30. The molecule has 1 aliphatic rings. The zero-order valence-corrected chi connectivity index (χ0v) is 16.3. The first-order valence-electron chi connectivity index (χ1n) is 9.95. The van der Waals surface area contributed by atoms with E-state index in [4.69, 9.17) is 4.42 Å². The summed E-state index contributed by atoms with van der Waals surface area (Å²) >= 11 is 0. The number of hydrogen-bond acceptors (Lipinski definition) is 4. The fourth-order valence-electron chi connectivity index (χ4n) is 3.72. The number of rotatable bonds is 6. The second-order valence-electron chi connectivity index (χ2n) is 7.45. The van der Waals surface area contributed by atoms with Crippen molar-refractivity contribution >= 4 is 23.0 Å². The molecule has 1 N–H and O–H groups in total. The van der Waals surface area contributed by atoms with Crippen molar-refractivity contribution < 1.29 is 22.4 Å². The number of carbonyl (C=O) groups is 1. The summed E-state index contributed by atoms with van der Waals surface area (Å²) in [5.41, 5.74) is 1.56. The molecule has 5 nitrogen and oxygen atoms in total. The fourth-order valence-corrected chi connectivity index (χ4v) is 3.72. The lowest BCUT2D eigenvalue weighted by molar-refractivity contribution is -0.137. The molecule has 0 saturated carbocycles. The SMILES string of the molecule is O=C(CCc1ccc(C(F)(F)F)cc1)NC[C@@H]1CCCN1c1nc2ccccc2o1. The van der Waals surface area contributed by atoms with E-state index in [0.717, 1.165) is 42.6 Å². The van der Waals surface area contributed by atoms with Gasteiger partial charge >= 0.3 is 6.18 Å². The first kappa shape index (κ1) is 20.3. The van der Waals surface area contributed by atoms with Crippen LogP contribution < -0.4 is 10.2 Å². The lowest BCUT2D eigenvalue weighted by Crippen LogP contribution is -2.40. The maximum atomic E-state index is 12.6. The topological polar surface area (TPSA) is 58.4 Å². The summed E-state index contributed by atoms with van der Waals surface area (Å²) in [5.74, 6) is -0.126. The number of hydrogen-bond donors (Lipinski definition) is 1. The number of alkyl halides is 3. The summed E-state index contributed by atoms with van der Waals surface area (Å²) in [4.78, 5) is 18.9. The average molecular weight is 417 g/mol. The molecular formula is C22H22F3N3O2. The number of para-hydroxylation sites is 2. The van der Waals surface area contributed by atoms with Crippen molar-refractivity contribution in [1.82, 2.24) is 10.3 Å². The van der Waals surface area contributed by atoms with Crippen molar-refractivity contribution in [1.29, 1.82) is 0 Å². The molecule has 0 spiro atoms. The minimum Gasteiger partial charge on any atom is -0.423 e. The maximum absolute atomic E-state index is 12.6. The highest BCUT2D eigenvalue weighted by molar-refractivity contribution is 5.76. The Bertz CT molecular complexity index is 981. The molecule has 30 heavy (non-hydrogen) atoms. The van der Waals surface area contributed by atoms with Crippen LogP contribution in [0.2, 0.25) is 0 Å². The molecule has 1 aliphatic heterocycles. The van der Waals surface area contributed by atoms with Gasteiger partial charge < -0.3 is 14.6 Å². The Labute approximate surface area is 171 Å². The standard InChI is InChI=1S/C22H22F3N3O2/c23-22(24,25)16-10-7-15(8-11-16)9-12-20(29)26-14-17-4-3-13-28(17)21-27-18-5-1-2-6-19(18)30-21/h1-2,5-8,10-11,17H,3-4,9,12-14H2,(H,26,29)/t17-/m0/s1. The van der Waals surface area contributed by atoms with Crippen LogP contribution in [0.4, 0.5) is 19.2 Å². The molecule has 2 heterocycles. The second-order valence-corrected chi connectivity index (χ2v) is 7.45. The first-order valence-corrected chi connectivity index (χ1v) is 9.95. The van der Waals surface area contributed by atoms with Gasteiger partial charge in [0.05, 0.1) is 11.6 Å². The van der Waals surface area contributed by atoms with Gasteiger partial charge in [-0.25, -0.2) is 0 Å². The maximum Gasteiger partial charge on any atom is 0.416 e. The van der Waals surface area contributed by atoms with Crippen molar-refractivity contribution in [2.75, 3.05) is 18.0 Å². The number of fused-ring (bicyclic) bond motifs is 1. The first-order chi connectivity index (χ1) is 14.4. The molecule has 4 rings (SSSR count). The Morgan fingerprint density at radius 1 is 1.17 bits per heavy atom. The monoisotopic (exact) mass is 417 g/mol. The van der Waals surface area contributed by atoms with E-state index >= 15 is 0 Å². The molecule has 1 amide bonds. The van der Waals surface area contributed by atoms with E-state index in [2.05, 4.69) is 15.2 Å². The summed E-state index contributed by atoms with van der Waals surface area (Å²) in [7, 11) is 0. The number of amides is 1. The van der Waals surface area contributed by atoms with Gasteiger partial charge in [0.1, 0.15) is 5.52 Å². The van der Waals surface area contributed by atoms with Crippen molar-refractivity contribution in [3.63, 3.8) is 0 Å². The van der Waals surface area contributed by atoms with Gasteiger partial charge in [0, 0.05) is 19.5 Å². The number of oxazole rings is 1. The third-order valence-corrected chi connectivity index (χ3v) is 5.36. The van der Waals surface area contributed by atoms with Gasteiger partial charge in [-0.3, -0.25) is 4.79 Å². The van der Waals surface area contributed by atoms with Gasteiger partial charge in [0.15, 0.2) is 5.58 Å². The van der Waals surface area contributed by atoms with Gasteiger partial charge in [-0.1, -0.05) is 24.3 Å². The molecule has 1 fully saturated rings. The molecule has 2 aromatic carbocycles. The predicted octanol–water partition coefficient (Wildman–Crippen LogP) is 4.56. The number of nitrogens with zero attached hydrogens (tertiary/aromatic N) is 2. The van der Waals surface area contributed by atoms with Gasteiger partial charge in [-0.15, -0.1) is 0 Å². The number of anilines is 1. The van der Waals surface area contributed by atoms with Gasteiger partial charge in [0.2, 0.25) is 5.91 Å². The molecule has 0 bridgehead atoms. The van der Waals surface area contributed by atoms with Crippen LogP contribution in [0.5, 0.6) is 0 Å². The largest absolute Gasteiger partial charge is 0.423 e. The van der Waals surface area contributed by atoms with Gasteiger partial charge in [0.25, 0.3) is 6.01 Å². The highest BCUT2D eigenvalue weighted by atomic mass is 19.4. The Kier molecular flexibility index (Phi) is 5.65. The Morgan fingerprint density at radius 3 is 2.67 bits per heavy atom. The van der Waals surface area contributed by atoms with Crippen molar-refractivity contribution in [3.05, 3.63) is 59.7 Å². The van der Waals surface area contributed by atoms with Crippen molar-refractivity contribution in [2.45, 2.75) is 37.9 Å². The van der Waals surface area contributed by atoms with Crippen LogP contribution in [-0.4, -0.2) is 30.0 Å². The summed E-state index contributed by atoms with van der Waals surface area (Å²) < 4.78 is 43.7. The average Bonchev–Trinajstić information content (AvgIpc) is 3.36. The summed E-state index contributed by atoms with van der Waals surface area (Å²) in [6, 6.07) is 13.2. The zero-order valence-electron chi connectivity index (χ0n) is 16.3. The molecule has 0 aliphatic carbocycles. The van der Waals surface area contributed by atoms with Crippen molar-refractivity contribution in [3.8, 4) is 0 Å². The van der Waals surface area contributed by atoms with Gasteiger partial charge in [-0.2, -0.15) is 18.2 Å². The molecule has 1 atom stereocenters. The molecule has 0 radical (unpaired) electrons. The number of benzene rings is 2. The number of nitrogens with one attached hydrogen (secondary N) is 1. The van der Waals surface area contributed by atoms with Crippen LogP contribution in [-0.2, 0) is 17.4 Å². The molecular weight excluding hydrogens is 395 g/mol. The second kappa shape index (κ2) is 8.38. The predicted molar refractivity (Wildman–Crippen MR) is 107 cm³/mol.